The van der Waals surface area contributed by atoms with Crippen LogP contribution in [0.1, 0.15) is 11.1 Å². The molecule has 2 atom stereocenters. The van der Waals surface area contributed by atoms with Crippen LogP contribution in [-0.4, -0.2) is 46.2 Å². The molecule has 0 N–H and O–H groups in total. The van der Waals surface area contributed by atoms with Crippen molar-refractivity contribution in [3.8, 4) is 0 Å². The first-order valence-electron chi connectivity index (χ1n) is 7.42. The molecule has 2 saturated heterocycles. The minimum absolute atomic E-state index is 0.735. The van der Waals surface area contributed by atoms with Gasteiger partial charge in [-0.3, -0.25) is 4.90 Å². The van der Waals surface area contributed by atoms with Crippen LogP contribution in [0.5, 0.6) is 0 Å². The summed E-state index contributed by atoms with van der Waals surface area (Å²) in [7, 11) is 0. The molecule has 0 spiro atoms. The Morgan fingerprint density at radius 2 is 2.00 bits per heavy atom. The fourth-order valence-corrected chi connectivity index (χ4v) is 3.68. The molecule has 0 aromatic carbocycles. The average Bonchev–Trinajstić information content (AvgIpc) is 3.15. The lowest BCUT2D eigenvalue weighted by Gasteiger charge is -2.22. The van der Waals surface area contributed by atoms with Crippen LogP contribution in [-0.2, 0) is 6.54 Å². The third-order valence-corrected chi connectivity index (χ3v) is 4.62. The zero-order valence-electron chi connectivity index (χ0n) is 12.1. The third kappa shape index (κ3) is 2.40. The molecule has 2 aliphatic heterocycles. The maximum absolute atomic E-state index is 4.91. The van der Waals surface area contributed by atoms with Crippen molar-refractivity contribution >= 4 is 5.82 Å². The van der Waals surface area contributed by atoms with E-state index in [9.17, 15) is 0 Å². The number of hydrogen-bond donors (Lipinski definition) is 0. The van der Waals surface area contributed by atoms with Gasteiger partial charge in [0.1, 0.15) is 18.4 Å². The fraction of sp³-hybridized carbons (Fsp3) is 0.533. The van der Waals surface area contributed by atoms with Crippen molar-refractivity contribution in [2.45, 2.75) is 13.5 Å². The number of aromatic nitrogens is 3. The van der Waals surface area contributed by atoms with Crippen LogP contribution in [0.4, 0.5) is 5.82 Å². The fourth-order valence-electron chi connectivity index (χ4n) is 3.68. The van der Waals surface area contributed by atoms with E-state index in [0.29, 0.717) is 0 Å². The van der Waals surface area contributed by atoms with Crippen LogP contribution in [0.2, 0.25) is 0 Å². The molecule has 0 amide bonds. The highest BCUT2D eigenvalue weighted by Crippen LogP contribution is 2.34. The molecular weight excluding hydrogens is 266 g/mol. The molecule has 2 aromatic heterocycles. The van der Waals surface area contributed by atoms with Crippen LogP contribution in [0.25, 0.3) is 0 Å². The summed E-state index contributed by atoms with van der Waals surface area (Å²) < 4.78 is 4.91. The van der Waals surface area contributed by atoms with Gasteiger partial charge in [0.05, 0.1) is 6.20 Å². The van der Waals surface area contributed by atoms with Gasteiger partial charge in [-0.2, -0.15) is 0 Å². The molecule has 0 radical (unpaired) electrons. The van der Waals surface area contributed by atoms with Gasteiger partial charge in [0, 0.05) is 50.0 Å². The summed E-state index contributed by atoms with van der Waals surface area (Å²) in [6.07, 6.45) is 7.10. The van der Waals surface area contributed by atoms with E-state index in [-0.39, 0.29) is 0 Å². The summed E-state index contributed by atoms with van der Waals surface area (Å²) >= 11 is 0. The molecule has 4 heterocycles. The maximum Gasteiger partial charge on any atom is 0.134 e. The van der Waals surface area contributed by atoms with Crippen LogP contribution in [0.3, 0.4) is 0 Å². The van der Waals surface area contributed by atoms with Gasteiger partial charge in [0.2, 0.25) is 0 Å². The van der Waals surface area contributed by atoms with E-state index in [2.05, 4.69) is 31.8 Å². The van der Waals surface area contributed by atoms with Gasteiger partial charge in [-0.1, -0.05) is 5.16 Å². The van der Waals surface area contributed by atoms with E-state index in [1.807, 2.05) is 12.4 Å². The highest BCUT2D eigenvalue weighted by atomic mass is 16.5. The molecule has 0 aliphatic carbocycles. The third-order valence-electron chi connectivity index (χ3n) is 4.62. The Bertz CT molecular complexity index is 600. The van der Waals surface area contributed by atoms with Crippen LogP contribution < -0.4 is 4.90 Å². The van der Waals surface area contributed by atoms with Crippen LogP contribution >= 0.6 is 0 Å². The Hall–Kier alpha value is -1.95. The van der Waals surface area contributed by atoms with Gasteiger partial charge >= 0.3 is 0 Å². The number of likely N-dealkylation sites (tertiary alicyclic amines) is 1. The van der Waals surface area contributed by atoms with Crippen molar-refractivity contribution in [2.75, 3.05) is 31.1 Å². The number of anilines is 1. The highest BCUT2D eigenvalue weighted by Gasteiger charge is 2.40. The molecule has 110 valence electrons. The Morgan fingerprint density at radius 3 is 2.67 bits per heavy atom. The molecule has 2 fully saturated rings. The average molecular weight is 285 g/mol. The van der Waals surface area contributed by atoms with Gasteiger partial charge in [0.25, 0.3) is 0 Å². The van der Waals surface area contributed by atoms with E-state index in [4.69, 9.17) is 4.52 Å². The standard InChI is InChI=1S/C15H19N5O/c1-11-2-16-10-17-15(11)20-7-13-5-19(6-14(13)8-20)4-12-3-18-21-9-12/h2-3,9-10,13-14H,4-8H2,1H3. The molecule has 0 bridgehead atoms. The Kier molecular flexibility index (Phi) is 3.11. The molecule has 21 heavy (non-hydrogen) atoms. The van der Waals surface area contributed by atoms with Crippen molar-refractivity contribution in [1.29, 1.82) is 0 Å². The van der Waals surface area contributed by atoms with Gasteiger partial charge in [-0.05, 0) is 18.8 Å². The summed E-state index contributed by atoms with van der Waals surface area (Å²) in [5.41, 5.74) is 2.33. The maximum atomic E-state index is 4.91. The quantitative estimate of drug-likeness (QED) is 0.848. The summed E-state index contributed by atoms with van der Waals surface area (Å²) in [5, 5.41) is 3.77. The van der Waals surface area contributed by atoms with Crippen molar-refractivity contribution in [2.24, 2.45) is 11.8 Å². The van der Waals surface area contributed by atoms with Crippen LogP contribution in [0.15, 0.2) is 29.5 Å². The molecule has 4 rings (SSSR count). The first-order chi connectivity index (χ1) is 10.3. The summed E-state index contributed by atoms with van der Waals surface area (Å²) in [6, 6.07) is 0. The number of aryl methyl sites for hydroxylation is 1. The van der Waals surface area contributed by atoms with E-state index >= 15 is 0 Å². The number of rotatable bonds is 3. The SMILES string of the molecule is Cc1cncnc1N1CC2CN(Cc3cnoc3)CC2C1. The normalized spacial score (nSPS) is 25.5. The van der Waals surface area contributed by atoms with Crippen molar-refractivity contribution in [3.05, 3.63) is 36.1 Å². The molecular formula is C15H19N5O. The predicted octanol–water partition coefficient (Wildman–Crippen LogP) is 1.34. The lowest BCUT2D eigenvalue weighted by Crippen LogP contribution is -2.29. The van der Waals surface area contributed by atoms with Crippen LogP contribution in [0, 0.1) is 18.8 Å². The van der Waals surface area contributed by atoms with Gasteiger partial charge < -0.3 is 9.42 Å². The van der Waals surface area contributed by atoms with E-state index < -0.39 is 0 Å². The van der Waals surface area contributed by atoms with Gasteiger partial charge in [0.15, 0.2) is 0 Å². The number of fused-ring (bicyclic) bond motifs is 1. The lowest BCUT2D eigenvalue weighted by molar-refractivity contribution is 0.307. The van der Waals surface area contributed by atoms with Crippen molar-refractivity contribution in [3.63, 3.8) is 0 Å². The number of hydrogen-bond acceptors (Lipinski definition) is 6. The summed E-state index contributed by atoms with van der Waals surface area (Å²) in [4.78, 5) is 13.5. The zero-order chi connectivity index (χ0) is 14.2. The Morgan fingerprint density at radius 1 is 1.19 bits per heavy atom. The zero-order valence-corrected chi connectivity index (χ0v) is 12.1. The molecule has 6 nitrogen and oxygen atoms in total. The van der Waals surface area contributed by atoms with Gasteiger partial charge in [-0.25, -0.2) is 9.97 Å². The summed E-state index contributed by atoms with van der Waals surface area (Å²) in [6.45, 7) is 7.53. The molecule has 2 aliphatic rings. The van der Waals surface area contributed by atoms with Crippen molar-refractivity contribution < 1.29 is 4.52 Å². The first kappa shape index (κ1) is 12.8. The molecule has 2 unspecified atom stereocenters. The second-order valence-electron chi connectivity index (χ2n) is 6.18. The lowest BCUT2D eigenvalue weighted by atomic mass is 10.0. The summed E-state index contributed by atoms with van der Waals surface area (Å²) in [5.74, 6) is 2.57. The molecule has 0 saturated carbocycles. The second-order valence-corrected chi connectivity index (χ2v) is 6.18. The highest BCUT2D eigenvalue weighted by molar-refractivity contribution is 5.46. The minimum atomic E-state index is 0.735. The van der Waals surface area contributed by atoms with Gasteiger partial charge in [-0.15, -0.1) is 0 Å². The van der Waals surface area contributed by atoms with Crippen molar-refractivity contribution in [1.82, 2.24) is 20.0 Å². The number of nitrogens with zero attached hydrogens (tertiary/aromatic N) is 5. The monoisotopic (exact) mass is 285 g/mol. The Labute approximate surface area is 123 Å². The van der Waals surface area contributed by atoms with E-state index in [1.165, 1.54) is 11.1 Å². The van der Waals surface area contributed by atoms with E-state index in [0.717, 1.165) is 50.4 Å². The minimum Gasteiger partial charge on any atom is -0.364 e. The first-order valence-corrected chi connectivity index (χ1v) is 7.42. The molecule has 2 aromatic rings. The largest absolute Gasteiger partial charge is 0.364 e. The Balaban J connectivity index is 1.40. The smallest absolute Gasteiger partial charge is 0.134 e. The molecule has 6 heteroatoms. The topological polar surface area (TPSA) is 58.3 Å². The predicted molar refractivity (Wildman–Crippen MR) is 77.7 cm³/mol. The van der Waals surface area contributed by atoms with E-state index in [1.54, 1.807) is 12.6 Å². The second kappa shape index (κ2) is 5.11.